The summed E-state index contributed by atoms with van der Waals surface area (Å²) in [6.45, 7) is 0. The number of benzene rings is 1. The Kier molecular flexibility index (Phi) is 5.49. The van der Waals surface area contributed by atoms with Crippen LogP contribution in [0.2, 0.25) is 0 Å². The molecule has 1 aromatic carbocycles. The summed E-state index contributed by atoms with van der Waals surface area (Å²) in [5, 5.41) is 4.03. The van der Waals surface area contributed by atoms with E-state index in [2.05, 4.69) is 14.9 Å². The maximum atomic E-state index is 12.6. The maximum Gasteiger partial charge on any atom is 0.258 e. The number of nitrogens with zero attached hydrogens (tertiary/aromatic N) is 2. The first-order valence-electron chi connectivity index (χ1n) is 8.75. The molecule has 4 rings (SSSR count). The fraction of sp³-hybridized carbons (Fsp3) is 0.529. The lowest BCUT2D eigenvalue weighted by molar-refractivity contribution is 0.372. The first-order chi connectivity index (χ1) is 12.4. The lowest BCUT2D eigenvalue weighted by Crippen LogP contribution is -2.34. The molecule has 0 bridgehead atoms. The van der Waals surface area contributed by atoms with Gasteiger partial charge in [0.15, 0.2) is 5.82 Å². The van der Waals surface area contributed by atoms with E-state index in [1.807, 2.05) is 0 Å². The largest absolute Gasteiger partial charge is 0.495 e. The van der Waals surface area contributed by atoms with Crippen LogP contribution in [0.15, 0.2) is 27.6 Å². The van der Waals surface area contributed by atoms with E-state index in [0.29, 0.717) is 11.4 Å². The van der Waals surface area contributed by atoms with Gasteiger partial charge in [0, 0.05) is 11.6 Å². The van der Waals surface area contributed by atoms with Gasteiger partial charge in [0.1, 0.15) is 10.6 Å². The number of rotatable bonds is 6. The Bertz CT molecular complexity index is 921. The molecule has 0 aliphatic heterocycles. The molecule has 0 atom stereocenters. The molecule has 0 unspecified atom stereocenters. The van der Waals surface area contributed by atoms with Crippen LogP contribution in [-0.4, -0.2) is 31.7 Å². The molecule has 1 heterocycles. The van der Waals surface area contributed by atoms with Crippen molar-refractivity contribution in [1.29, 1.82) is 0 Å². The van der Waals surface area contributed by atoms with Gasteiger partial charge in [-0.2, -0.15) is 4.98 Å². The zero-order valence-corrected chi connectivity index (χ0v) is 16.6. The lowest BCUT2D eigenvalue weighted by Gasteiger charge is -2.17. The van der Waals surface area contributed by atoms with Crippen molar-refractivity contribution < 1.29 is 17.7 Å². The summed E-state index contributed by atoms with van der Waals surface area (Å²) >= 11 is 0. The molecule has 2 fully saturated rings. The number of halogens is 1. The fourth-order valence-corrected chi connectivity index (χ4v) is 4.78. The van der Waals surface area contributed by atoms with Crippen molar-refractivity contribution >= 4 is 22.4 Å². The SMILES string of the molecule is COc1ccc(-c2nc(C3(N)CCCC3)no2)cc1S(=O)(=O)NC1CC1.Cl. The van der Waals surface area contributed by atoms with Gasteiger partial charge in [0.05, 0.1) is 12.6 Å². The maximum absolute atomic E-state index is 12.6. The topological polar surface area (TPSA) is 120 Å². The van der Waals surface area contributed by atoms with Gasteiger partial charge < -0.3 is 15.0 Å². The van der Waals surface area contributed by atoms with Crippen LogP contribution < -0.4 is 15.2 Å². The van der Waals surface area contributed by atoms with Gasteiger partial charge in [-0.1, -0.05) is 18.0 Å². The van der Waals surface area contributed by atoms with E-state index in [1.54, 1.807) is 12.1 Å². The second kappa shape index (κ2) is 7.38. The summed E-state index contributed by atoms with van der Waals surface area (Å²) in [5.41, 5.74) is 6.32. The summed E-state index contributed by atoms with van der Waals surface area (Å²) < 4.78 is 38.5. The predicted molar refractivity (Wildman–Crippen MR) is 101 cm³/mol. The van der Waals surface area contributed by atoms with Crippen LogP contribution >= 0.6 is 12.4 Å². The van der Waals surface area contributed by atoms with Crippen molar-refractivity contribution in [2.24, 2.45) is 5.73 Å². The first-order valence-corrected chi connectivity index (χ1v) is 10.2. The monoisotopic (exact) mass is 414 g/mol. The number of hydrogen-bond acceptors (Lipinski definition) is 7. The van der Waals surface area contributed by atoms with Crippen molar-refractivity contribution in [2.45, 2.75) is 55.0 Å². The average Bonchev–Trinajstić information content (AvgIpc) is 3.11. The van der Waals surface area contributed by atoms with Gasteiger partial charge in [-0.05, 0) is 43.9 Å². The molecule has 0 amide bonds. The summed E-state index contributed by atoms with van der Waals surface area (Å²) in [7, 11) is -2.24. The summed E-state index contributed by atoms with van der Waals surface area (Å²) in [6, 6.07) is 4.79. The lowest BCUT2D eigenvalue weighted by atomic mass is 9.99. The molecule has 0 saturated heterocycles. The van der Waals surface area contributed by atoms with Crippen molar-refractivity contribution in [3.63, 3.8) is 0 Å². The molecule has 0 radical (unpaired) electrons. The first kappa shape index (κ1) is 20.1. The van der Waals surface area contributed by atoms with Crippen LogP contribution in [0.3, 0.4) is 0 Å². The Labute approximate surface area is 164 Å². The number of sulfonamides is 1. The second-order valence-corrected chi connectivity index (χ2v) is 8.73. The highest BCUT2D eigenvalue weighted by Gasteiger charge is 2.36. The van der Waals surface area contributed by atoms with Gasteiger partial charge in [0.2, 0.25) is 10.0 Å². The summed E-state index contributed by atoms with van der Waals surface area (Å²) in [6.07, 6.45) is 5.43. The van der Waals surface area contributed by atoms with Gasteiger partial charge in [-0.3, -0.25) is 0 Å². The molecule has 0 spiro atoms. The number of nitrogens with two attached hydrogens (primary N) is 1. The Morgan fingerprint density at radius 2 is 2.00 bits per heavy atom. The van der Waals surface area contributed by atoms with Crippen LogP contribution in [0.4, 0.5) is 0 Å². The van der Waals surface area contributed by atoms with E-state index in [1.165, 1.54) is 13.2 Å². The van der Waals surface area contributed by atoms with Crippen molar-refractivity contribution in [1.82, 2.24) is 14.9 Å². The Morgan fingerprint density at radius 1 is 1.30 bits per heavy atom. The average molecular weight is 415 g/mol. The summed E-state index contributed by atoms with van der Waals surface area (Å²) in [4.78, 5) is 4.49. The van der Waals surface area contributed by atoms with Gasteiger partial charge in [-0.25, -0.2) is 13.1 Å². The van der Waals surface area contributed by atoms with E-state index in [-0.39, 0.29) is 35.0 Å². The number of hydrogen-bond donors (Lipinski definition) is 2. The normalized spacial score (nSPS) is 18.9. The van der Waals surface area contributed by atoms with Crippen LogP contribution in [0, 0.1) is 0 Å². The molecule has 2 saturated carbocycles. The molecule has 148 valence electrons. The second-order valence-electron chi connectivity index (χ2n) is 7.05. The minimum atomic E-state index is -3.68. The minimum Gasteiger partial charge on any atom is -0.495 e. The van der Waals surface area contributed by atoms with E-state index in [0.717, 1.165) is 38.5 Å². The van der Waals surface area contributed by atoms with Crippen LogP contribution in [0.5, 0.6) is 5.75 Å². The fourth-order valence-electron chi connectivity index (χ4n) is 3.28. The Morgan fingerprint density at radius 3 is 2.63 bits per heavy atom. The number of methoxy groups -OCH3 is 1. The number of ether oxygens (including phenoxy) is 1. The Hall–Kier alpha value is -1.68. The highest BCUT2D eigenvalue weighted by molar-refractivity contribution is 7.89. The van der Waals surface area contributed by atoms with Crippen LogP contribution in [0.25, 0.3) is 11.5 Å². The minimum absolute atomic E-state index is 0. The molecular weight excluding hydrogens is 392 g/mol. The van der Waals surface area contributed by atoms with Crippen LogP contribution in [0.1, 0.15) is 44.3 Å². The van der Waals surface area contributed by atoms with Crippen molar-refractivity contribution in [3.05, 3.63) is 24.0 Å². The summed E-state index contributed by atoms with van der Waals surface area (Å²) in [5.74, 6) is 0.997. The zero-order valence-electron chi connectivity index (χ0n) is 15.0. The van der Waals surface area contributed by atoms with Crippen molar-refractivity contribution in [2.75, 3.05) is 7.11 Å². The highest BCUT2D eigenvalue weighted by atomic mass is 35.5. The third-order valence-electron chi connectivity index (χ3n) is 4.97. The highest BCUT2D eigenvalue weighted by Crippen LogP contribution is 2.36. The van der Waals surface area contributed by atoms with E-state index < -0.39 is 15.6 Å². The van der Waals surface area contributed by atoms with Gasteiger partial charge in [-0.15, -0.1) is 12.4 Å². The quantitative estimate of drug-likeness (QED) is 0.744. The zero-order chi connectivity index (χ0) is 18.4. The van der Waals surface area contributed by atoms with E-state index >= 15 is 0 Å². The molecule has 3 N–H and O–H groups in total. The molecule has 2 aliphatic carbocycles. The van der Waals surface area contributed by atoms with E-state index in [9.17, 15) is 8.42 Å². The molecule has 1 aromatic heterocycles. The third-order valence-corrected chi connectivity index (χ3v) is 6.51. The molecule has 2 aliphatic rings. The number of nitrogens with one attached hydrogen (secondary N) is 1. The Balaban J connectivity index is 0.00000210. The van der Waals surface area contributed by atoms with Gasteiger partial charge in [0.25, 0.3) is 5.89 Å². The molecule has 2 aromatic rings. The van der Waals surface area contributed by atoms with E-state index in [4.69, 9.17) is 15.0 Å². The molecule has 27 heavy (non-hydrogen) atoms. The standard InChI is InChI=1S/C17H22N4O4S.ClH/c1-24-13-7-4-11(10-14(13)26(22,23)21-12-5-6-12)15-19-16(20-25-15)17(18)8-2-3-9-17;/h4,7,10,12,21H,2-3,5-6,8-9,18H2,1H3;1H. The van der Waals surface area contributed by atoms with Crippen molar-refractivity contribution in [3.8, 4) is 17.2 Å². The smallest absolute Gasteiger partial charge is 0.258 e. The van der Waals surface area contributed by atoms with Gasteiger partial charge >= 0.3 is 0 Å². The number of aromatic nitrogens is 2. The molecule has 10 heteroatoms. The molecular formula is C17H23ClN4O4S. The van der Waals surface area contributed by atoms with Crippen LogP contribution in [-0.2, 0) is 15.6 Å². The predicted octanol–water partition coefficient (Wildman–Crippen LogP) is 2.34. The molecule has 8 nitrogen and oxygen atoms in total. The third kappa shape index (κ3) is 3.96.